The molecule has 146 valence electrons. The van der Waals surface area contributed by atoms with Gasteiger partial charge in [0.15, 0.2) is 5.52 Å². The summed E-state index contributed by atoms with van der Waals surface area (Å²) in [6, 6.07) is 11.2. The highest BCUT2D eigenvalue weighted by Crippen LogP contribution is 2.31. The van der Waals surface area contributed by atoms with Crippen molar-refractivity contribution in [2.75, 3.05) is 13.2 Å². The van der Waals surface area contributed by atoms with Gasteiger partial charge in [0.1, 0.15) is 11.5 Å². The van der Waals surface area contributed by atoms with E-state index in [-0.39, 0.29) is 14.1 Å². The summed E-state index contributed by atoms with van der Waals surface area (Å²) in [4.78, 5) is 12.9. The summed E-state index contributed by atoms with van der Waals surface area (Å²) in [5.41, 5.74) is 1.50. The quantitative estimate of drug-likeness (QED) is 0.489. The molecule has 0 amide bonds. The maximum Gasteiger partial charge on any atom is 0.187 e. The summed E-state index contributed by atoms with van der Waals surface area (Å²) in [6.07, 6.45) is 0. The van der Waals surface area contributed by atoms with Crippen molar-refractivity contribution < 1.29 is 14.3 Å². The van der Waals surface area contributed by atoms with Crippen LogP contribution in [-0.4, -0.2) is 18.7 Å². The molecule has 0 aliphatic heterocycles. The van der Waals surface area contributed by atoms with Gasteiger partial charge in [-0.05, 0) is 51.1 Å². The molecular formula is C22H28ClO3P. The van der Waals surface area contributed by atoms with Crippen LogP contribution in [0.1, 0.15) is 43.6 Å². The highest BCUT2D eigenvalue weighted by atomic mass is 35.5. The van der Waals surface area contributed by atoms with E-state index in [9.17, 15) is 4.79 Å². The van der Waals surface area contributed by atoms with Crippen LogP contribution in [0.2, 0.25) is 5.02 Å². The van der Waals surface area contributed by atoms with Crippen molar-refractivity contribution in [1.82, 2.24) is 0 Å². The minimum absolute atomic E-state index is 0.0170. The summed E-state index contributed by atoms with van der Waals surface area (Å²) < 4.78 is 11.8. The van der Waals surface area contributed by atoms with E-state index in [0.29, 0.717) is 41.4 Å². The average molecular weight is 407 g/mol. The Hall–Kier alpha value is -1.57. The number of rotatable bonds is 9. The van der Waals surface area contributed by atoms with E-state index in [1.54, 1.807) is 6.07 Å². The van der Waals surface area contributed by atoms with E-state index in [4.69, 9.17) is 21.1 Å². The number of ether oxygens (including phenoxy) is 2. The lowest BCUT2D eigenvalue weighted by Crippen LogP contribution is -2.13. The Morgan fingerprint density at radius 2 is 1.70 bits per heavy atom. The molecule has 0 aromatic heterocycles. The van der Waals surface area contributed by atoms with Crippen molar-refractivity contribution in [2.24, 2.45) is 11.8 Å². The number of carbonyl (C=O) groups excluding carboxylic acids is 1. The molecule has 0 bridgehead atoms. The van der Waals surface area contributed by atoms with Gasteiger partial charge in [-0.3, -0.25) is 4.79 Å². The Morgan fingerprint density at radius 3 is 2.33 bits per heavy atom. The molecule has 0 fully saturated rings. The van der Waals surface area contributed by atoms with E-state index in [1.807, 2.05) is 37.3 Å². The Morgan fingerprint density at radius 1 is 1.04 bits per heavy atom. The first kappa shape index (κ1) is 21.7. The molecule has 1 atom stereocenters. The van der Waals surface area contributed by atoms with Crippen LogP contribution in [0.15, 0.2) is 36.4 Å². The van der Waals surface area contributed by atoms with Crippen LogP contribution in [0, 0.1) is 18.8 Å². The van der Waals surface area contributed by atoms with Crippen molar-refractivity contribution in [3.05, 3.63) is 52.5 Å². The molecule has 2 rings (SSSR count). The third-order valence-corrected chi connectivity index (χ3v) is 5.28. The topological polar surface area (TPSA) is 35.5 Å². The number of carbonyl (C=O) groups is 1. The lowest BCUT2D eigenvalue weighted by Gasteiger charge is -2.16. The normalized spacial score (nSPS) is 11.6. The largest absolute Gasteiger partial charge is 0.493 e. The summed E-state index contributed by atoms with van der Waals surface area (Å²) in [7, 11) is -0.0594. The maximum absolute atomic E-state index is 12.9. The van der Waals surface area contributed by atoms with Gasteiger partial charge in [-0.15, -0.1) is 0 Å². The Balaban J connectivity index is 2.26. The fraction of sp³-hybridized carbons (Fsp3) is 0.409. The zero-order valence-electron chi connectivity index (χ0n) is 16.6. The van der Waals surface area contributed by atoms with Gasteiger partial charge in [0.05, 0.1) is 18.2 Å². The van der Waals surface area contributed by atoms with Gasteiger partial charge >= 0.3 is 0 Å². The Bertz CT molecular complexity index is 767. The first-order chi connectivity index (χ1) is 12.8. The number of hydrogen-bond acceptors (Lipinski definition) is 3. The smallest absolute Gasteiger partial charge is 0.187 e. The van der Waals surface area contributed by atoms with Gasteiger partial charge in [0.2, 0.25) is 0 Å². The van der Waals surface area contributed by atoms with E-state index < -0.39 is 0 Å². The van der Waals surface area contributed by atoms with Crippen molar-refractivity contribution in [2.45, 2.75) is 34.6 Å². The number of aryl methyl sites for hydroxylation is 1. The second kappa shape index (κ2) is 10.1. The van der Waals surface area contributed by atoms with Gasteiger partial charge in [-0.25, -0.2) is 0 Å². The summed E-state index contributed by atoms with van der Waals surface area (Å²) >= 11 is 6.26. The molecule has 5 heteroatoms. The second-order valence-electron chi connectivity index (χ2n) is 7.45. The SMILES string of the molecule is Cc1cccc(Cl)c1C(=O)Pc1ccc(OCC(C)C)cc1OCC(C)C. The molecule has 3 nitrogen and oxygen atoms in total. The van der Waals surface area contributed by atoms with E-state index in [1.165, 1.54) is 0 Å². The fourth-order valence-corrected chi connectivity index (χ4v) is 3.96. The molecule has 0 saturated carbocycles. The van der Waals surface area contributed by atoms with Crippen molar-refractivity contribution in [3.8, 4) is 11.5 Å². The second-order valence-corrected chi connectivity index (χ2v) is 9.10. The molecule has 0 saturated heterocycles. The zero-order valence-corrected chi connectivity index (χ0v) is 18.4. The van der Waals surface area contributed by atoms with Gasteiger partial charge in [-0.2, -0.15) is 0 Å². The lowest BCUT2D eigenvalue weighted by molar-refractivity contribution is 0.108. The van der Waals surface area contributed by atoms with Crippen LogP contribution in [-0.2, 0) is 0 Å². The monoisotopic (exact) mass is 406 g/mol. The molecule has 0 N–H and O–H groups in total. The summed E-state index contributed by atoms with van der Waals surface area (Å²) in [5, 5.41) is 1.37. The fourth-order valence-electron chi connectivity index (χ4n) is 2.44. The van der Waals surface area contributed by atoms with Gasteiger partial charge in [-0.1, -0.05) is 51.4 Å². The maximum atomic E-state index is 12.9. The van der Waals surface area contributed by atoms with Crippen LogP contribution >= 0.6 is 20.2 Å². The lowest BCUT2D eigenvalue weighted by atomic mass is 10.1. The third-order valence-electron chi connectivity index (χ3n) is 3.81. The Kier molecular flexibility index (Phi) is 8.13. The number of benzene rings is 2. The van der Waals surface area contributed by atoms with Gasteiger partial charge in [0, 0.05) is 16.9 Å². The van der Waals surface area contributed by atoms with Gasteiger partial charge < -0.3 is 9.47 Å². The first-order valence-corrected chi connectivity index (χ1v) is 10.6. The van der Waals surface area contributed by atoms with E-state index >= 15 is 0 Å². The molecule has 0 heterocycles. The van der Waals surface area contributed by atoms with Crippen molar-refractivity contribution >= 4 is 31.0 Å². The zero-order chi connectivity index (χ0) is 20.0. The molecule has 0 aliphatic rings. The summed E-state index contributed by atoms with van der Waals surface area (Å²) in [5.74, 6) is 2.30. The standard InChI is InChI=1S/C22H28ClO3P/c1-14(2)12-25-17-9-10-20(19(11-17)26-13-15(3)4)27-22(24)21-16(5)7-6-8-18(21)23/h6-11,14-15,27H,12-13H2,1-5H3. The molecule has 2 aromatic carbocycles. The van der Waals surface area contributed by atoms with E-state index in [2.05, 4.69) is 27.7 Å². The molecular weight excluding hydrogens is 379 g/mol. The third kappa shape index (κ3) is 6.52. The number of halogens is 1. The molecule has 1 unspecified atom stereocenters. The van der Waals surface area contributed by atoms with Crippen LogP contribution in [0.25, 0.3) is 0 Å². The minimum atomic E-state index is -0.0594. The highest BCUT2D eigenvalue weighted by molar-refractivity contribution is 7.66. The summed E-state index contributed by atoms with van der Waals surface area (Å²) in [6.45, 7) is 11.5. The van der Waals surface area contributed by atoms with Crippen LogP contribution in [0.5, 0.6) is 11.5 Å². The predicted octanol–water partition coefficient (Wildman–Crippen LogP) is 5.86. The molecule has 0 spiro atoms. The van der Waals surface area contributed by atoms with Crippen LogP contribution < -0.4 is 14.8 Å². The van der Waals surface area contributed by atoms with Gasteiger partial charge in [0.25, 0.3) is 0 Å². The van der Waals surface area contributed by atoms with Crippen LogP contribution in [0.3, 0.4) is 0 Å². The van der Waals surface area contributed by atoms with E-state index in [0.717, 1.165) is 16.6 Å². The molecule has 2 aromatic rings. The van der Waals surface area contributed by atoms with Crippen molar-refractivity contribution in [3.63, 3.8) is 0 Å². The number of hydrogen-bond donors (Lipinski definition) is 0. The Labute approximate surface area is 169 Å². The highest BCUT2D eigenvalue weighted by Gasteiger charge is 2.17. The van der Waals surface area contributed by atoms with Crippen molar-refractivity contribution in [1.29, 1.82) is 0 Å². The molecule has 27 heavy (non-hydrogen) atoms. The minimum Gasteiger partial charge on any atom is -0.493 e. The first-order valence-electron chi connectivity index (χ1n) is 9.24. The predicted molar refractivity (Wildman–Crippen MR) is 116 cm³/mol. The van der Waals surface area contributed by atoms with Crippen LogP contribution in [0.4, 0.5) is 0 Å². The molecule has 0 radical (unpaired) electrons. The average Bonchev–Trinajstić information content (AvgIpc) is 2.59. The molecule has 0 aliphatic carbocycles.